The minimum Gasteiger partial charge on any atom is -0.423 e. The van der Waals surface area contributed by atoms with Gasteiger partial charge in [-0.15, -0.1) is 9.46 Å². The number of pyridine rings is 2. The summed E-state index contributed by atoms with van der Waals surface area (Å²) < 4.78 is 1.85. The van der Waals surface area contributed by atoms with Crippen molar-refractivity contribution in [2.24, 2.45) is 0 Å². The predicted molar refractivity (Wildman–Crippen MR) is 230 cm³/mol. The van der Waals surface area contributed by atoms with Crippen molar-refractivity contribution in [3.63, 3.8) is 0 Å². The summed E-state index contributed by atoms with van der Waals surface area (Å²) in [5.41, 5.74) is 6.60. The molecule has 3 N–H and O–H groups in total. The van der Waals surface area contributed by atoms with Crippen LogP contribution in [0, 0.1) is 0 Å². The molecule has 0 saturated carbocycles. The Hall–Kier alpha value is -8.12. The highest BCUT2D eigenvalue weighted by Crippen LogP contribution is 2.32. The summed E-state index contributed by atoms with van der Waals surface area (Å²) in [5.74, 6) is 0. The van der Waals surface area contributed by atoms with Crippen molar-refractivity contribution >= 4 is 33.4 Å². The first kappa shape index (κ1) is 37.8. The Labute approximate surface area is 338 Å². The maximum Gasteiger partial charge on any atom is 0.295 e. The Morgan fingerprint density at radius 3 is 1.41 bits per heavy atom. The molecule has 5 aromatic carbocycles. The van der Waals surface area contributed by atoms with Gasteiger partial charge in [0.15, 0.2) is 11.3 Å². The van der Waals surface area contributed by atoms with Crippen LogP contribution in [0.4, 0.5) is 11.4 Å². The molecule has 0 aliphatic carbocycles. The molecule has 0 spiro atoms. The third kappa shape index (κ3) is 8.37. The van der Waals surface area contributed by atoms with Gasteiger partial charge in [-0.2, -0.15) is 0 Å². The molecule has 12 nitrogen and oxygen atoms in total. The third-order valence-electron chi connectivity index (χ3n) is 9.57. The number of fused-ring (bicyclic) bond motifs is 2. The van der Waals surface area contributed by atoms with Crippen molar-refractivity contribution < 1.29 is 10.0 Å². The zero-order chi connectivity index (χ0) is 40.4. The zero-order valence-electron chi connectivity index (χ0n) is 31.7. The van der Waals surface area contributed by atoms with Gasteiger partial charge in [0.25, 0.3) is 11.1 Å². The molecule has 12 heteroatoms. The molecular weight excluding hydrogens is 741 g/mol. The first-order valence-electron chi connectivity index (χ1n) is 18.9. The standard InChI is InChI=1S/C27H22N4O2.C20H16N4O2/c32-27-24(22-14-8-3-9-15-22)25(29-16-20-10-4-1-5-11-20)23-17-28-19-30-26(23)31(27)33-18-21-12-6-2-7-13-21;25-20-17(15-9-5-2-6-10-15)18(22-11-14-7-3-1-4-8-14)16-12-21-13-23-19(16)24(20)26/h1-15,17,19,29H,16,18H2;1-10,12-13,22,26H,11H2. The fourth-order valence-electron chi connectivity index (χ4n) is 6.73. The molecule has 0 atom stereocenters. The van der Waals surface area contributed by atoms with E-state index in [9.17, 15) is 14.8 Å². The van der Waals surface area contributed by atoms with Gasteiger partial charge < -0.3 is 20.7 Å². The first-order valence-corrected chi connectivity index (χ1v) is 18.9. The Kier molecular flexibility index (Phi) is 11.4. The number of benzene rings is 5. The Balaban J connectivity index is 0.000000169. The van der Waals surface area contributed by atoms with Gasteiger partial charge in [0.05, 0.1) is 33.3 Å². The molecule has 0 fully saturated rings. The molecule has 4 heterocycles. The molecule has 0 bridgehead atoms. The van der Waals surface area contributed by atoms with Gasteiger partial charge in [0.2, 0.25) is 0 Å². The lowest BCUT2D eigenvalue weighted by atomic mass is 10.0. The summed E-state index contributed by atoms with van der Waals surface area (Å²) in [6, 6.07) is 48.5. The van der Waals surface area contributed by atoms with Gasteiger partial charge in [-0.1, -0.05) is 152 Å². The molecule has 0 radical (unpaired) electrons. The van der Waals surface area contributed by atoms with Gasteiger partial charge in [-0.3, -0.25) is 9.59 Å². The van der Waals surface area contributed by atoms with Gasteiger partial charge in [-0.05, 0) is 27.8 Å². The fraction of sp³-hybridized carbons (Fsp3) is 0.0638. The monoisotopic (exact) mass is 778 g/mol. The van der Waals surface area contributed by atoms with Crippen molar-refractivity contribution in [3.8, 4) is 22.3 Å². The number of nitrogens with one attached hydrogen (secondary N) is 2. The summed E-state index contributed by atoms with van der Waals surface area (Å²) in [5, 5.41) is 18.4. The summed E-state index contributed by atoms with van der Waals surface area (Å²) in [4.78, 5) is 49.3. The highest BCUT2D eigenvalue weighted by atomic mass is 16.7. The van der Waals surface area contributed by atoms with Crippen molar-refractivity contribution in [3.05, 3.63) is 214 Å². The van der Waals surface area contributed by atoms with Crippen LogP contribution in [0.2, 0.25) is 0 Å². The van der Waals surface area contributed by atoms with E-state index in [1.807, 2.05) is 152 Å². The molecule has 0 amide bonds. The quantitative estimate of drug-likeness (QED) is 0.110. The minimum atomic E-state index is -0.530. The topological polar surface area (TPSA) is 149 Å². The van der Waals surface area contributed by atoms with Gasteiger partial charge in [0, 0.05) is 25.5 Å². The molecule has 9 rings (SSSR count). The third-order valence-corrected chi connectivity index (χ3v) is 9.57. The molecule has 4 aromatic heterocycles. The SMILES string of the molecule is O=c1c(-c2ccccc2)c(NCc2ccccc2)c2cncnc2n1O.O=c1c(-c2ccccc2)c(NCc2ccccc2)c2cncnc2n1OCc1ccccc1. The maximum absolute atomic E-state index is 13.8. The average molecular weight is 779 g/mol. The summed E-state index contributed by atoms with van der Waals surface area (Å²) >= 11 is 0. The number of hydrogen-bond donors (Lipinski definition) is 3. The Morgan fingerprint density at radius 2 is 0.915 bits per heavy atom. The van der Waals surface area contributed by atoms with Crippen LogP contribution >= 0.6 is 0 Å². The highest BCUT2D eigenvalue weighted by molar-refractivity contribution is 5.98. The van der Waals surface area contributed by atoms with Crippen molar-refractivity contribution in [1.29, 1.82) is 0 Å². The second-order valence-corrected chi connectivity index (χ2v) is 13.4. The summed E-state index contributed by atoms with van der Waals surface area (Å²) in [6.07, 6.45) is 6.03. The lowest BCUT2D eigenvalue weighted by molar-refractivity contribution is 0.0983. The number of anilines is 2. The fourth-order valence-corrected chi connectivity index (χ4v) is 6.73. The molecule has 9 aromatic rings. The van der Waals surface area contributed by atoms with E-state index in [0.29, 0.717) is 62.3 Å². The Bertz CT molecular complexity index is 2930. The number of aromatic nitrogens is 6. The lowest BCUT2D eigenvalue weighted by Gasteiger charge is -2.18. The summed E-state index contributed by atoms with van der Waals surface area (Å²) in [6.45, 7) is 1.32. The van der Waals surface area contributed by atoms with Crippen LogP contribution in [0.15, 0.2) is 186 Å². The maximum atomic E-state index is 13.8. The molecule has 290 valence electrons. The smallest absolute Gasteiger partial charge is 0.295 e. The van der Waals surface area contributed by atoms with E-state index >= 15 is 0 Å². The van der Waals surface area contributed by atoms with Crippen LogP contribution in [-0.2, 0) is 19.7 Å². The van der Waals surface area contributed by atoms with Gasteiger partial charge >= 0.3 is 0 Å². The number of hydrogen-bond acceptors (Lipinski definition) is 10. The first-order chi connectivity index (χ1) is 29.1. The van der Waals surface area contributed by atoms with E-state index in [1.165, 1.54) is 17.4 Å². The zero-order valence-corrected chi connectivity index (χ0v) is 31.7. The van der Waals surface area contributed by atoms with Crippen LogP contribution in [0.25, 0.3) is 44.3 Å². The number of rotatable bonds is 11. The van der Waals surface area contributed by atoms with Gasteiger partial charge in [-0.25, -0.2) is 19.9 Å². The van der Waals surface area contributed by atoms with Gasteiger partial charge in [0.1, 0.15) is 19.3 Å². The average Bonchev–Trinajstić information content (AvgIpc) is 3.30. The molecule has 59 heavy (non-hydrogen) atoms. The lowest BCUT2D eigenvalue weighted by Crippen LogP contribution is -2.30. The highest BCUT2D eigenvalue weighted by Gasteiger charge is 2.21. The molecular formula is C47H38N8O4. The van der Waals surface area contributed by atoms with Crippen molar-refractivity contribution in [2.45, 2.75) is 19.7 Å². The van der Waals surface area contributed by atoms with Crippen molar-refractivity contribution in [1.82, 2.24) is 29.4 Å². The Morgan fingerprint density at radius 1 is 0.508 bits per heavy atom. The predicted octanol–water partition coefficient (Wildman–Crippen LogP) is 8.01. The van der Waals surface area contributed by atoms with E-state index < -0.39 is 5.56 Å². The van der Waals surface area contributed by atoms with Crippen LogP contribution < -0.4 is 26.6 Å². The normalized spacial score (nSPS) is 10.8. The van der Waals surface area contributed by atoms with Crippen LogP contribution in [0.3, 0.4) is 0 Å². The van der Waals surface area contributed by atoms with E-state index in [2.05, 4.69) is 30.6 Å². The summed E-state index contributed by atoms with van der Waals surface area (Å²) in [7, 11) is 0. The molecule has 0 unspecified atom stereocenters. The van der Waals surface area contributed by atoms with E-state index in [4.69, 9.17) is 4.84 Å². The van der Waals surface area contributed by atoms with E-state index in [0.717, 1.165) is 22.3 Å². The molecule has 0 aliphatic heterocycles. The largest absolute Gasteiger partial charge is 0.423 e. The number of nitrogens with zero attached hydrogens (tertiary/aromatic N) is 6. The second-order valence-electron chi connectivity index (χ2n) is 13.4. The molecule has 0 saturated heterocycles. The van der Waals surface area contributed by atoms with Crippen LogP contribution in [-0.4, -0.2) is 34.6 Å². The van der Waals surface area contributed by atoms with E-state index in [1.54, 1.807) is 12.4 Å². The second kappa shape index (κ2) is 17.8. The van der Waals surface area contributed by atoms with Crippen LogP contribution in [0.1, 0.15) is 16.7 Å². The van der Waals surface area contributed by atoms with Crippen LogP contribution in [0.5, 0.6) is 0 Å². The molecule has 0 aliphatic rings. The van der Waals surface area contributed by atoms with E-state index in [-0.39, 0.29) is 17.8 Å². The van der Waals surface area contributed by atoms with Crippen molar-refractivity contribution in [2.75, 3.05) is 10.6 Å². The minimum absolute atomic E-state index is 0.167.